The monoisotopic (exact) mass is 322 g/mol. The summed E-state index contributed by atoms with van der Waals surface area (Å²) in [6.07, 6.45) is 0. The first kappa shape index (κ1) is 17.4. The number of hydrogen-bond acceptors (Lipinski definition) is 4. The molecule has 7 heteroatoms. The van der Waals surface area contributed by atoms with Crippen molar-refractivity contribution in [2.24, 2.45) is 5.73 Å². The number of piperazine rings is 1. The lowest BCUT2D eigenvalue weighted by atomic mass is 10.2. The average molecular weight is 322 g/mol. The molecule has 1 aromatic carbocycles. The van der Waals surface area contributed by atoms with Crippen LogP contribution in [0.2, 0.25) is 0 Å². The summed E-state index contributed by atoms with van der Waals surface area (Å²) in [7, 11) is 1.69. The number of nitrogens with two attached hydrogens (primary N) is 1. The zero-order chi connectivity index (χ0) is 16.8. The Morgan fingerprint density at radius 2 is 1.83 bits per heavy atom. The Kier molecular flexibility index (Phi) is 6.06. The van der Waals surface area contributed by atoms with Crippen LogP contribution in [0.1, 0.15) is 5.56 Å². The molecule has 0 atom stereocenters. The van der Waals surface area contributed by atoms with E-state index in [-0.39, 0.29) is 24.8 Å². The molecule has 0 bridgehead atoms. The Morgan fingerprint density at radius 1 is 1.17 bits per heavy atom. The molecule has 2 rings (SSSR count). The van der Waals surface area contributed by atoms with Crippen molar-refractivity contribution in [3.63, 3.8) is 0 Å². The second-order valence-corrected chi connectivity index (χ2v) is 5.89. The third kappa shape index (κ3) is 5.30. The minimum Gasteiger partial charge on any atom is -0.369 e. The summed E-state index contributed by atoms with van der Waals surface area (Å²) in [4.78, 5) is 28.5. The normalized spacial score (nSPS) is 15.9. The van der Waals surface area contributed by atoms with E-state index in [0.717, 1.165) is 0 Å². The van der Waals surface area contributed by atoms with Gasteiger partial charge in [-0.15, -0.1) is 0 Å². The number of hydrogen-bond donors (Lipinski definition) is 1. The van der Waals surface area contributed by atoms with Crippen LogP contribution in [0.5, 0.6) is 0 Å². The van der Waals surface area contributed by atoms with Crippen LogP contribution in [0, 0.1) is 5.82 Å². The first-order valence-electron chi connectivity index (χ1n) is 7.66. The standard InChI is InChI=1S/C16H23FN4O2/c1-19(11-15(18)22)12-16(23)21-8-6-20(7-9-21)10-13-4-2-3-5-14(13)17/h2-5H,6-12H2,1H3,(H2,18,22). The van der Waals surface area contributed by atoms with Crippen molar-refractivity contribution in [1.82, 2.24) is 14.7 Å². The van der Waals surface area contributed by atoms with Gasteiger partial charge in [0.05, 0.1) is 13.1 Å². The molecule has 1 fully saturated rings. The first-order valence-corrected chi connectivity index (χ1v) is 7.66. The van der Waals surface area contributed by atoms with E-state index in [1.54, 1.807) is 29.0 Å². The number of carbonyl (C=O) groups excluding carboxylic acids is 2. The van der Waals surface area contributed by atoms with Crippen LogP contribution in [-0.4, -0.2) is 72.8 Å². The number of primary amides is 1. The topological polar surface area (TPSA) is 69.9 Å². The molecule has 0 aliphatic carbocycles. The molecule has 1 saturated heterocycles. The van der Waals surface area contributed by atoms with Gasteiger partial charge in [-0.05, 0) is 13.1 Å². The van der Waals surface area contributed by atoms with Crippen LogP contribution in [-0.2, 0) is 16.1 Å². The lowest BCUT2D eigenvalue weighted by Gasteiger charge is -2.35. The molecule has 23 heavy (non-hydrogen) atoms. The van der Waals surface area contributed by atoms with Crippen LogP contribution in [0.4, 0.5) is 4.39 Å². The average Bonchev–Trinajstić information content (AvgIpc) is 2.49. The number of benzene rings is 1. The molecule has 1 aliphatic heterocycles. The summed E-state index contributed by atoms with van der Waals surface area (Å²) in [6.45, 7) is 3.43. The Hall–Kier alpha value is -1.99. The third-order valence-corrected chi connectivity index (χ3v) is 3.91. The predicted molar refractivity (Wildman–Crippen MR) is 84.9 cm³/mol. The van der Waals surface area contributed by atoms with E-state index in [0.29, 0.717) is 38.3 Å². The van der Waals surface area contributed by atoms with Crippen LogP contribution in [0.3, 0.4) is 0 Å². The maximum atomic E-state index is 13.7. The summed E-state index contributed by atoms with van der Waals surface area (Å²) in [5.41, 5.74) is 5.78. The molecule has 1 aliphatic rings. The maximum Gasteiger partial charge on any atom is 0.236 e. The lowest BCUT2D eigenvalue weighted by molar-refractivity contribution is -0.134. The highest BCUT2D eigenvalue weighted by Crippen LogP contribution is 2.12. The molecule has 0 unspecified atom stereocenters. The summed E-state index contributed by atoms with van der Waals surface area (Å²) in [5, 5.41) is 0. The van der Waals surface area contributed by atoms with Gasteiger partial charge in [-0.1, -0.05) is 18.2 Å². The number of rotatable bonds is 6. The second-order valence-electron chi connectivity index (χ2n) is 5.89. The molecular weight excluding hydrogens is 299 g/mol. The molecule has 0 aromatic heterocycles. The molecule has 1 aromatic rings. The Balaban J connectivity index is 1.78. The zero-order valence-electron chi connectivity index (χ0n) is 13.4. The molecule has 126 valence electrons. The van der Waals surface area contributed by atoms with E-state index in [9.17, 15) is 14.0 Å². The van der Waals surface area contributed by atoms with E-state index < -0.39 is 5.91 Å². The molecule has 0 radical (unpaired) electrons. The Labute approximate surface area is 135 Å². The van der Waals surface area contributed by atoms with Gasteiger partial charge in [-0.25, -0.2) is 4.39 Å². The van der Waals surface area contributed by atoms with E-state index in [2.05, 4.69) is 4.90 Å². The van der Waals surface area contributed by atoms with E-state index >= 15 is 0 Å². The van der Waals surface area contributed by atoms with Crippen molar-refractivity contribution >= 4 is 11.8 Å². The van der Waals surface area contributed by atoms with E-state index in [4.69, 9.17) is 5.73 Å². The van der Waals surface area contributed by atoms with Gasteiger partial charge in [-0.3, -0.25) is 19.4 Å². The van der Waals surface area contributed by atoms with Crippen molar-refractivity contribution in [2.75, 3.05) is 46.3 Å². The highest BCUT2D eigenvalue weighted by molar-refractivity contribution is 5.80. The van der Waals surface area contributed by atoms with E-state index in [1.807, 2.05) is 6.07 Å². The minimum atomic E-state index is -0.449. The Morgan fingerprint density at radius 3 is 2.43 bits per heavy atom. The van der Waals surface area contributed by atoms with Crippen molar-refractivity contribution in [3.8, 4) is 0 Å². The van der Waals surface area contributed by atoms with Crippen molar-refractivity contribution in [1.29, 1.82) is 0 Å². The largest absolute Gasteiger partial charge is 0.369 e. The number of halogens is 1. The molecule has 2 N–H and O–H groups in total. The Bertz CT molecular complexity index is 559. The molecular formula is C16H23FN4O2. The van der Waals surface area contributed by atoms with Crippen molar-refractivity contribution in [3.05, 3.63) is 35.6 Å². The van der Waals surface area contributed by atoms with Gasteiger partial charge in [0.2, 0.25) is 11.8 Å². The number of amides is 2. The van der Waals surface area contributed by atoms with Gasteiger partial charge >= 0.3 is 0 Å². The van der Waals surface area contributed by atoms with Crippen molar-refractivity contribution < 1.29 is 14.0 Å². The van der Waals surface area contributed by atoms with Crippen LogP contribution >= 0.6 is 0 Å². The summed E-state index contributed by atoms with van der Waals surface area (Å²) in [5.74, 6) is -0.659. The van der Waals surface area contributed by atoms with Crippen LogP contribution in [0.25, 0.3) is 0 Å². The van der Waals surface area contributed by atoms with E-state index in [1.165, 1.54) is 6.07 Å². The number of nitrogens with zero attached hydrogens (tertiary/aromatic N) is 3. The SMILES string of the molecule is CN(CC(N)=O)CC(=O)N1CCN(Cc2ccccc2F)CC1. The fourth-order valence-electron chi connectivity index (χ4n) is 2.68. The fraction of sp³-hybridized carbons (Fsp3) is 0.500. The highest BCUT2D eigenvalue weighted by atomic mass is 19.1. The van der Waals surface area contributed by atoms with Crippen LogP contribution < -0.4 is 5.73 Å². The molecule has 0 spiro atoms. The van der Waals surface area contributed by atoms with Crippen LogP contribution in [0.15, 0.2) is 24.3 Å². The zero-order valence-corrected chi connectivity index (χ0v) is 13.4. The van der Waals surface area contributed by atoms with Gasteiger partial charge in [0, 0.05) is 38.3 Å². The fourth-order valence-corrected chi connectivity index (χ4v) is 2.68. The molecule has 1 heterocycles. The number of carbonyl (C=O) groups is 2. The predicted octanol–water partition coefficient (Wildman–Crippen LogP) is -0.113. The quantitative estimate of drug-likeness (QED) is 0.793. The smallest absolute Gasteiger partial charge is 0.236 e. The lowest BCUT2D eigenvalue weighted by Crippen LogP contribution is -2.51. The minimum absolute atomic E-state index is 0.0145. The molecule has 0 saturated carbocycles. The van der Waals surface area contributed by atoms with Gasteiger partial charge in [0.15, 0.2) is 0 Å². The third-order valence-electron chi connectivity index (χ3n) is 3.91. The first-order chi connectivity index (χ1) is 11.0. The van der Waals surface area contributed by atoms with Gasteiger partial charge in [0.25, 0.3) is 0 Å². The van der Waals surface area contributed by atoms with Gasteiger partial charge in [-0.2, -0.15) is 0 Å². The summed E-state index contributed by atoms with van der Waals surface area (Å²) in [6, 6.07) is 6.75. The summed E-state index contributed by atoms with van der Waals surface area (Å²) < 4.78 is 13.7. The molecule has 2 amide bonds. The second kappa shape index (κ2) is 8.03. The molecule has 6 nitrogen and oxygen atoms in total. The maximum absolute atomic E-state index is 13.7. The van der Waals surface area contributed by atoms with Gasteiger partial charge in [0.1, 0.15) is 5.82 Å². The highest BCUT2D eigenvalue weighted by Gasteiger charge is 2.22. The number of likely N-dealkylation sites (N-methyl/N-ethyl adjacent to an activating group) is 1. The van der Waals surface area contributed by atoms with Gasteiger partial charge < -0.3 is 10.6 Å². The van der Waals surface area contributed by atoms with Crippen molar-refractivity contribution in [2.45, 2.75) is 6.54 Å². The summed E-state index contributed by atoms with van der Waals surface area (Å²) >= 11 is 0.